The predicted molar refractivity (Wildman–Crippen MR) is 51.8 cm³/mol. The average Bonchev–Trinajstić information content (AvgIpc) is 2.01. The molecule has 0 saturated heterocycles. The number of benzene rings is 1. The molecule has 0 radical (unpaired) electrons. The third kappa shape index (κ3) is 2.99. The first-order valence-corrected chi connectivity index (χ1v) is 4.64. The van der Waals surface area contributed by atoms with Crippen molar-refractivity contribution in [2.24, 2.45) is 0 Å². The van der Waals surface area contributed by atoms with E-state index < -0.39 is 17.9 Å². The van der Waals surface area contributed by atoms with Gasteiger partial charge in [0.2, 0.25) is 0 Å². The van der Waals surface area contributed by atoms with Gasteiger partial charge in [-0.1, -0.05) is 15.9 Å². The Morgan fingerprint density at radius 1 is 1.57 bits per heavy atom. The summed E-state index contributed by atoms with van der Waals surface area (Å²) < 4.78 is 18.3. The molecule has 1 aromatic carbocycles. The molecule has 76 valence electrons. The average molecular weight is 263 g/mol. The molecular formula is C9H8BrFO3. The van der Waals surface area contributed by atoms with E-state index in [0.29, 0.717) is 4.47 Å². The summed E-state index contributed by atoms with van der Waals surface area (Å²) in [5, 5.41) is 8.55. The molecule has 0 aliphatic rings. The van der Waals surface area contributed by atoms with Gasteiger partial charge in [0.1, 0.15) is 11.6 Å². The summed E-state index contributed by atoms with van der Waals surface area (Å²) in [4.78, 5) is 10.4. The molecule has 0 bridgehead atoms. The second-order valence-corrected chi connectivity index (χ2v) is 3.62. The van der Waals surface area contributed by atoms with Crippen molar-refractivity contribution >= 4 is 21.9 Å². The van der Waals surface area contributed by atoms with Crippen molar-refractivity contribution in [3.63, 3.8) is 0 Å². The van der Waals surface area contributed by atoms with Gasteiger partial charge in [0, 0.05) is 10.5 Å². The third-order valence-corrected chi connectivity index (χ3v) is 1.95. The zero-order valence-electron chi connectivity index (χ0n) is 7.33. The molecule has 0 saturated carbocycles. The lowest BCUT2D eigenvalue weighted by Crippen LogP contribution is -2.22. The Bertz CT molecular complexity index is 334. The molecule has 0 spiro atoms. The Morgan fingerprint density at radius 3 is 2.71 bits per heavy atom. The first-order chi connectivity index (χ1) is 6.49. The van der Waals surface area contributed by atoms with Crippen LogP contribution in [0.4, 0.5) is 4.39 Å². The van der Waals surface area contributed by atoms with Crippen LogP contribution in [0.5, 0.6) is 5.75 Å². The van der Waals surface area contributed by atoms with Crippen LogP contribution in [0.3, 0.4) is 0 Å². The fraction of sp³-hybridized carbons (Fsp3) is 0.222. The molecule has 0 unspecified atom stereocenters. The summed E-state index contributed by atoms with van der Waals surface area (Å²) in [6, 6.07) is 3.89. The van der Waals surface area contributed by atoms with E-state index in [1.54, 1.807) is 0 Å². The Morgan fingerprint density at radius 2 is 2.21 bits per heavy atom. The van der Waals surface area contributed by atoms with Gasteiger partial charge in [0.05, 0.1) is 0 Å². The van der Waals surface area contributed by atoms with Crippen LogP contribution in [0, 0.1) is 5.82 Å². The van der Waals surface area contributed by atoms with E-state index >= 15 is 0 Å². The van der Waals surface area contributed by atoms with E-state index in [2.05, 4.69) is 15.9 Å². The minimum atomic E-state index is -1.09. The largest absolute Gasteiger partial charge is 0.479 e. The van der Waals surface area contributed by atoms with Crippen molar-refractivity contribution in [1.82, 2.24) is 0 Å². The maximum atomic E-state index is 12.8. The lowest BCUT2D eigenvalue weighted by Gasteiger charge is -2.10. The van der Waals surface area contributed by atoms with Crippen molar-refractivity contribution in [3.8, 4) is 5.75 Å². The number of hydrogen-bond donors (Lipinski definition) is 1. The molecule has 0 fully saturated rings. The summed E-state index contributed by atoms with van der Waals surface area (Å²) in [5.74, 6) is -1.39. The standard InChI is InChI=1S/C9H8BrFO3/c1-5(9(12)13)14-8-3-6(10)2-7(11)4-8/h2-5H,1H3,(H,12,13)/t5-/m0/s1. The minimum Gasteiger partial charge on any atom is -0.479 e. The number of ether oxygens (including phenoxy) is 1. The highest BCUT2D eigenvalue weighted by Gasteiger charge is 2.12. The maximum Gasteiger partial charge on any atom is 0.344 e. The third-order valence-electron chi connectivity index (χ3n) is 1.50. The van der Waals surface area contributed by atoms with Crippen molar-refractivity contribution in [3.05, 3.63) is 28.5 Å². The van der Waals surface area contributed by atoms with E-state index in [0.717, 1.165) is 6.07 Å². The first kappa shape index (κ1) is 11.0. The molecule has 1 rings (SSSR count). The number of halogens is 2. The lowest BCUT2D eigenvalue weighted by molar-refractivity contribution is -0.144. The van der Waals surface area contributed by atoms with Gasteiger partial charge in [-0.3, -0.25) is 0 Å². The van der Waals surface area contributed by atoms with Crippen molar-refractivity contribution in [2.75, 3.05) is 0 Å². The Balaban J connectivity index is 2.81. The second-order valence-electron chi connectivity index (χ2n) is 2.70. The SMILES string of the molecule is C[C@H](Oc1cc(F)cc(Br)c1)C(=O)O. The highest BCUT2D eigenvalue weighted by molar-refractivity contribution is 9.10. The molecule has 1 aromatic rings. The van der Waals surface area contributed by atoms with Crippen molar-refractivity contribution in [1.29, 1.82) is 0 Å². The van der Waals surface area contributed by atoms with E-state index in [4.69, 9.17) is 9.84 Å². The highest BCUT2D eigenvalue weighted by atomic mass is 79.9. The van der Waals surface area contributed by atoms with Crippen LogP contribution in [0.2, 0.25) is 0 Å². The lowest BCUT2D eigenvalue weighted by atomic mass is 10.3. The smallest absolute Gasteiger partial charge is 0.344 e. The van der Waals surface area contributed by atoms with Crippen LogP contribution in [-0.2, 0) is 4.79 Å². The molecule has 1 atom stereocenters. The molecule has 0 amide bonds. The van der Waals surface area contributed by atoms with E-state index in [-0.39, 0.29) is 5.75 Å². The monoisotopic (exact) mass is 262 g/mol. The second kappa shape index (κ2) is 4.41. The van der Waals surface area contributed by atoms with Crippen molar-refractivity contribution in [2.45, 2.75) is 13.0 Å². The molecule has 14 heavy (non-hydrogen) atoms. The summed E-state index contributed by atoms with van der Waals surface area (Å²) in [7, 11) is 0. The topological polar surface area (TPSA) is 46.5 Å². The van der Waals surface area contributed by atoms with Gasteiger partial charge >= 0.3 is 5.97 Å². The molecule has 0 aromatic heterocycles. The zero-order valence-corrected chi connectivity index (χ0v) is 8.92. The first-order valence-electron chi connectivity index (χ1n) is 3.84. The molecule has 1 N–H and O–H groups in total. The fourth-order valence-electron chi connectivity index (χ4n) is 0.851. The molecular weight excluding hydrogens is 255 g/mol. The number of hydrogen-bond acceptors (Lipinski definition) is 2. The number of carbonyl (C=O) groups is 1. The van der Waals surface area contributed by atoms with Crippen LogP contribution in [0.25, 0.3) is 0 Å². The van der Waals surface area contributed by atoms with Gasteiger partial charge in [-0.05, 0) is 19.1 Å². The van der Waals surface area contributed by atoms with E-state index in [1.165, 1.54) is 19.1 Å². The Labute approximate surface area is 88.6 Å². The normalized spacial score (nSPS) is 12.2. The van der Waals surface area contributed by atoms with Crippen LogP contribution in [-0.4, -0.2) is 17.2 Å². The maximum absolute atomic E-state index is 12.8. The van der Waals surface area contributed by atoms with Crippen LogP contribution >= 0.6 is 15.9 Å². The Hall–Kier alpha value is -1.10. The molecule has 0 aliphatic carbocycles. The zero-order chi connectivity index (χ0) is 10.7. The summed E-state index contributed by atoms with van der Waals surface area (Å²) in [5.41, 5.74) is 0. The summed E-state index contributed by atoms with van der Waals surface area (Å²) in [6.07, 6.45) is -0.997. The van der Waals surface area contributed by atoms with Crippen LogP contribution in [0.15, 0.2) is 22.7 Å². The van der Waals surface area contributed by atoms with E-state index in [1.807, 2.05) is 0 Å². The van der Waals surface area contributed by atoms with Gasteiger partial charge < -0.3 is 9.84 Å². The molecule has 3 nitrogen and oxygen atoms in total. The summed E-state index contributed by atoms with van der Waals surface area (Å²) in [6.45, 7) is 1.38. The van der Waals surface area contributed by atoms with Gasteiger partial charge in [0.25, 0.3) is 0 Å². The quantitative estimate of drug-likeness (QED) is 0.910. The van der Waals surface area contributed by atoms with E-state index in [9.17, 15) is 9.18 Å². The summed E-state index contributed by atoms with van der Waals surface area (Å²) >= 11 is 3.07. The van der Waals surface area contributed by atoms with Crippen LogP contribution < -0.4 is 4.74 Å². The van der Waals surface area contributed by atoms with Gasteiger partial charge in [0.15, 0.2) is 6.10 Å². The van der Waals surface area contributed by atoms with Crippen LogP contribution in [0.1, 0.15) is 6.92 Å². The highest BCUT2D eigenvalue weighted by Crippen LogP contribution is 2.21. The van der Waals surface area contributed by atoms with Gasteiger partial charge in [-0.15, -0.1) is 0 Å². The van der Waals surface area contributed by atoms with Gasteiger partial charge in [-0.25, -0.2) is 9.18 Å². The minimum absolute atomic E-state index is 0.187. The molecule has 5 heteroatoms. The fourth-order valence-corrected chi connectivity index (χ4v) is 1.30. The number of aliphatic carboxylic acids is 1. The molecule has 0 aliphatic heterocycles. The number of rotatable bonds is 3. The Kier molecular flexibility index (Phi) is 3.46. The predicted octanol–water partition coefficient (Wildman–Crippen LogP) is 2.44. The number of carboxylic acids is 1. The molecule has 0 heterocycles. The van der Waals surface area contributed by atoms with Gasteiger partial charge in [-0.2, -0.15) is 0 Å². The number of carboxylic acid groups (broad SMARTS) is 1. The van der Waals surface area contributed by atoms with Crippen molar-refractivity contribution < 1.29 is 19.0 Å².